The highest BCUT2D eigenvalue weighted by atomic mass is 16.6. The van der Waals surface area contributed by atoms with Crippen LogP contribution in [0.25, 0.3) is 0 Å². The minimum absolute atomic E-state index is 0.0410. The number of esters is 1. The van der Waals surface area contributed by atoms with Gasteiger partial charge in [0.2, 0.25) is 5.91 Å². The summed E-state index contributed by atoms with van der Waals surface area (Å²) in [6.07, 6.45) is 8.23. The zero-order valence-electron chi connectivity index (χ0n) is 20.6. The van der Waals surface area contributed by atoms with Crippen LogP contribution in [-0.4, -0.2) is 65.5 Å². The molecule has 7 nitrogen and oxygen atoms in total. The second-order valence-corrected chi connectivity index (χ2v) is 12.4. The average Bonchev–Trinajstić information content (AvgIpc) is 3.40. The fourth-order valence-corrected chi connectivity index (χ4v) is 8.49. The van der Waals surface area contributed by atoms with E-state index in [0.717, 1.165) is 51.4 Å². The Labute approximate surface area is 198 Å². The highest BCUT2D eigenvalue weighted by Crippen LogP contribution is 2.64. The van der Waals surface area contributed by atoms with E-state index in [4.69, 9.17) is 10.5 Å². The summed E-state index contributed by atoms with van der Waals surface area (Å²) in [4.78, 5) is 30.9. The van der Waals surface area contributed by atoms with Crippen LogP contribution >= 0.6 is 0 Å². The molecule has 8 atom stereocenters. The highest BCUT2D eigenvalue weighted by Gasteiger charge is 2.64. The fraction of sp³-hybridized carbons (Fsp3) is 0.885. The predicted octanol–water partition coefficient (Wildman–Crippen LogP) is 2.69. The Morgan fingerprint density at radius 1 is 1.18 bits per heavy atom. The van der Waals surface area contributed by atoms with Crippen molar-refractivity contribution >= 4 is 11.9 Å². The number of likely N-dealkylation sites (tertiary alicyclic amines) is 1. The van der Waals surface area contributed by atoms with Crippen LogP contribution in [0.15, 0.2) is 0 Å². The minimum Gasteiger partial charge on any atom is -0.458 e. The first kappa shape index (κ1) is 23.1. The van der Waals surface area contributed by atoms with Crippen molar-refractivity contribution in [3.8, 4) is 6.07 Å². The monoisotopic (exact) mass is 456 g/mol. The lowest BCUT2D eigenvalue weighted by Crippen LogP contribution is -2.66. The van der Waals surface area contributed by atoms with E-state index < -0.39 is 11.6 Å². The van der Waals surface area contributed by atoms with Crippen LogP contribution in [0.5, 0.6) is 0 Å². The molecular formula is C26H40N4O3. The topological polar surface area (TPSA) is 99.7 Å². The van der Waals surface area contributed by atoms with Crippen molar-refractivity contribution in [2.45, 2.75) is 101 Å². The first-order valence-corrected chi connectivity index (χ1v) is 13.0. The quantitative estimate of drug-likeness (QED) is 0.591. The van der Waals surface area contributed by atoms with Crippen molar-refractivity contribution in [2.75, 3.05) is 14.1 Å². The van der Waals surface area contributed by atoms with Crippen molar-refractivity contribution in [3.05, 3.63) is 0 Å². The summed E-state index contributed by atoms with van der Waals surface area (Å²) in [5, 5.41) is 9.60. The number of piperidine rings is 1. The molecule has 182 valence electrons. The molecule has 6 aliphatic rings. The van der Waals surface area contributed by atoms with E-state index in [1.54, 1.807) is 0 Å². The van der Waals surface area contributed by atoms with Gasteiger partial charge in [0, 0.05) is 6.04 Å². The molecule has 1 aliphatic heterocycles. The molecule has 1 amide bonds. The third-order valence-corrected chi connectivity index (χ3v) is 9.78. The van der Waals surface area contributed by atoms with E-state index >= 15 is 0 Å². The number of fused-ring (bicyclic) bond motifs is 1. The largest absolute Gasteiger partial charge is 0.458 e. The van der Waals surface area contributed by atoms with E-state index in [0.29, 0.717) is 24.2 Å². The Morgan fingerprint density at radius 3 is 2.42 bits per heavy atom. The van der Waals surface area contributed by atoms with Gasteiger partial charge >= 0.3 is 5.97 Å². The number of nitriles is 1. The number of hydrogen-bond acceptors (Lipinski definition) is 6. The number of ether oxygens (including phenoxy) is 1. The van der Waals surface area contributed by atoms with Gasteiger partial charge in [-0.3, -0.25) is 14.5 Å². The van der Waals surface area contributed by atoms with Crippen LogP contribution in [0.4, 0.5) is 0 Å². The van der Waals surface area contributed by atoms with Crippen LogP contribution < -0.4 is 5.73 Å². The van der Waals surface area contributed by atoms with Crippen molar-refractivity contribution < 1.29 is 14.3 Å². The van der Waals surface area contributed by atoms with Crippen molar-refractivity contribution in [1.29, 1.82) is 5.26 Å². The number of nitrogens with two attached hydrogens (primary N) is 1. The zero-order valence-corrected chi connectivity index (χ0v) is 20.6. The van der Waals surface area contributed by atoms with E-state index in [9.17, 15) is 14.9 Å². The zero-order chi connectivity index (χ0) is 23.7. The molecule has 1 heterocycles. The summed E-state index contributed by atoms with van der Waals surface area (Å²) in [5.41, 5.74) is 5.99. The number of carbonyl (C=O) groups is 2. The number of nitrogens with zero attached hydrogens (tertiary/aromatic N) is 3. The number of rotatable bonds is 7. The standard InChI is InChI=1S/C26H40N4O3/c1-5-15(2)21(29(3)4)24(32)33-26-11-16-6-17(12-26)10-25(9-16,14-26)22(28)23(31)30-19(13-27)7-18-8-20(18)30/h15-22H,5-12,14,28H2,1-4H3/t15?,16?,17?,18-,19+,20+,21+,22-,25?,26?/m1/s1. The fourth-order valence-electron chi connectivity index (χ4n) is 8.49. The molecular weight excluding hydrogens is 416 g/mol. The Morgan fingerprint density at radius 2 is 1.85 bits per heavy atom. The molecule has 0 spiro atoms. The van der Waals surface area contributed by atoms with Crippen LogP contribution in [0.2, 0.25) is 0 Å². The lowest BCUT2D eigenvalue weighted by Gasteiger charge is -2.62. The summed E-state index contributed by atoms with van der Waals surface area (Å²) < 4.78 is 6.44. The van der Waals surface area contributed by atoms with Gasteiger partial charge in [0.05, 0.1) is 12.1 Å². The van der Waals surface area contributed by atoms with Gasteiger partial charge < -0.3 is 15.4 Å². The molecule has 0 aromatic heterocycles. The summed E-state index contributed by atoms with van der Waals surface area (Å²) in [7, 11) is 3.89. The molecule has 0 aromatic carbocycles. The Bertz CT molecular complexity index is 852. The Hall–Kier alpha value is -1.65. The van der Waals surface area contributed by atoms with Crippen molar-refractivity contribution in [2.24, 2.45) is 34.8 Å². The molecule has 6 rings (SSSR count). The summed E-state index contributed by atoms with van der Waals surface area (Å²) >= 11 is 0. The third-order valence-electron chi connectivity index (χ3n) is 9.78. The van der Waals surface area contributed by atoms with Crippen molar-refractivity contribution in [1.82, 2.24) is 9.80 Å². The Kier molecular flexibility index (Phi) is 5.57. The third kappa shape index (κ3) is 3.69. The van der Waals surface area contributed by atoms with Crippen LogP contribution in [-0.2, 0) is 14.3 Å². The van der Waals surface area contributed by atoms with Gasteiger partial charge in [-0.1, -0.05) is 20.3 Å². The SMILES string of the molecule is CCC(C)[C@@H](C(=O)OC12CC3CC(C1)CC([C@H](N)C(=O)N1[C@H](C#N)C[C@@H]4C[C@@H]41)(C3)C2)N(C)C. The average molecular weight is 457 g/mol. The number of likely N-dealkylation sites (N-methyl/N-ethyl adjacent to an activating group) is 1. The van der Waals surface area contributed by atoms with Gasteiger partial charge in [-0.25, -0.2) is 0 Å². The molecule has 4 bridgehead atoms. The van der Waals surface area contributed by atoms with Gasteiger partial charge in [-0.15, -0.1) is 0 Å². The molecule has 33 heavy (non-hydrogen) atoms. The summed E-state index contributed by atoms with van der Waals surface area (Å²) in [6, 6.07) is 1.34. The van der Waals surface area contributed by atoms with Crippen LogP contribution in [0, 0.1) is 40.4 Å². The van der Waals surface area contributed by atoms with E-state index in [-0.39, 0.29) is 41.3 Å². The molecule has 5 aliphatic carbocycles. The van der Waals surface area contributed by atoms with E-state index in [2.05, 4.69) is 19.9 Å². The molecule has 1 saturated heterocycles. The molecule has 0 radical (unpaired) electrons. The second-order valence-electron chi connectivity index (χ2n) is 12.4. The molecule has 3 unspecified atom stereocenters. The lowest BCUT2D eigenvalue weighted by molar-refractivity contribution is -0.210. The molecule has 5 saturated carbocycles. The summed E-state index contributed by atoms with van der Waals surface area (Å²) in [5.74, 6) is 1.44. The minimum atomic E-state index is -0.615. The maximum absolute atomic E-state index is 13.7. The highest BCUT2D eigenvalue weighted by molar-refractivity contribution is 5.84. The predicted molar refractivity (Wildman–Crippen MR) is 124 cm³/mol. The van der Waals surface area contributed by atoms with Gasteiger partial charge in [0.1, 0.15) is 17.7 Å². The maximum atomic E-state index is 13.7. The second kappa shape index (κ2) is 7.95. The normalized spacial score (nSPS) is 43.1. The van der Waals surface area contributed by atoms with Crippen molar-refractivity contribution in [3.63, 3.8) is 0 Å². The maximum Gasteiger partial charge on any atom is 0.324 e. The number of amides is 1. The molecule has 2 N–H and O–H groups in total. The number of carbonyl (C=O) groups excluding carboxylic acids is 2. The van der Waals surface area contributed by atoms with Gasteiger partial charge in [-0.2, -0.15) is 5.26 Å². The summed E-state index contributed by atoms with van der Waals surface area (Å²) in [6.45, 7) is 4.21. The van der Waals surface area contributed by atoms with Crippen LogP contribution in [0.1, 0.15) is 71.6 Å². The molecule has 7 heteroatoms. The first-order valence-electron chi connectivity index (χ1n) is 13.0. The molecule has 0 aromatic rings. The number of hydrogen-bond donors (Lipinski definition) is 1. The molecule has 6 fully saturated rings. The lowest BCUT2D eigenvalue weighted by atomic mass is 9.46. The smallest absolute Gasteiger partial charge is 0.324 e. The van der Waals surface area contributed by atoms with Gasteiger partial charge in [0.25, 0.3) is 0 Å². The van der Waals surface area contributed by atoms with Gasteiger partial charge in [-0.05, 0) is 94.5 Å². The Balaban J connectivity index is 1.37. The van der Waals surface area contributed by atoms with E-state index in [1.165, 1.54) is 0 Å². The van der Waals surface area contributed by atoms with Gasteiger partial charge in [0.15, 0.2) is 0 Å². The van der Waals surface area contributed by atoms with E-state index in [1.807, 2.05) is 23.9 Å². The van der Waals surface area contributed by atoms with Crippen LogP contribution in [0.3, 0.4) is 0 Å². The first-order chi connectivity index (χ1) is 15.6.